The molecule has 2 aromatic heterocycles. The zero-order valence-corrected chi connectivity index (χ0v) is 8.46. The van der Waals surface area contributed by atoms with Crippen LogP contribution in [0.4, 0.5) is 11.5 Å². The quantitative estimate of drug-likeness (QED) is 0.614. The van der Waals surface area contributed by atoms with Crippen molar-refractivity contribution < 1.29 is 4.92 Å². The highest BCUT2D eigenvalue weighted by molar-refractivity contribution is 5.68. The highest BCUT2D eigenvalue weighted by Gasteiger charge is 2.35. The van der Waals surface area contributed by atoms with E-state index in [0.29, 0.717) is 17.0 Å². The van der Waals surface area contributed by atoms with E-state index in [4.69, 9.17) is 5.73 Å². The van der Waals surface area contributed by atoms with Crippen molar-refractivity contribution in [3.8, 4) is 0 Å². The summed E-state index contributed by atoms with van der Waals surface area (Å²) < 4.78 is 1.46. The number of anilines is 1. The molecule has 2 aromatic rings. The van der Waals surface area contributed by atoms with E-state index >= 15 is 0 Å². The van der Waals surface area contributed by atoms with E-state index in [-0.39, 0.29) is 16.7 Å². The van der Waals surface area contributed by atoms with E-state index in [1.54, 1.807) is 18.3 Å². The normalized spacial score (nSPS) is 15.5. The van der Waals surface area contributed by atoms with E-state index in [0.717, 1.165) is 12.8 Å². The van der Waals surface area contributed by atoms with Gasteiger partial charge in [0.2, 0.25) is 5.65 Å². The largest absolute Gasteiger partial charge is 0.394 e. The molecule has 0 spiro atoms. The van der Waals surface area contributed by atoms with Gasteiger partial charge in [0.15, 0.2) is 0 Å². The lowest BCUT2D eigenvalue weighted by atomic mass is 10.3. The number of nitrogens with zero attached hydrogens (tertiary/aromatic N) is 3. The molecule has 0 atom stereocenters. The zero-order chi connectivity index (χ0) is 11.3. The van der Waals surface area contributed by atoms with Crippen LogP contribution in [-0.4, -0.2) is 14.3 Å². The second kappa shape index (κ2) is 2.94. The van der Waals surface area contributed by atoms with Crippen molar-refractivity contribution in [3.05, 3.63) is 34.1 Å². The van der Waals surface area contributed by atoms with Gasteiger partial charge in [0.25, 0.3) is 0 Å². The summed E-state index contributed by atoms with van der Waals surface area (Å²) in [5.41, 5.74) is 7.28. The van der Waals surface area contributed by atoms with Crippen molar-refractivity contribution >= 4 is 17.2 Å². The molecule has 16 heavy (non-hydrogen) atoms. The topological polar surface area (TPSA) is 86.5 Å². The first kappa shape index (κ1) is 9.14. The maximum atomic E-state index is 11.0. The molecule has 0 amide bonds. The fourth-order valence-corrected chi connectivity index (χ4v) is 1.91. The van der Waals surface area contributed by atoms with Gasteiger partial charge < -0.3 is 15.8 Å². The number of nitrogens with two attached hydrogens (primary N) is 1. The Balaban J connectivity index is 2.36. The molecule has 1 aliphatic carbocycles. The molecule has 6 nitrogen and oxygen atoms in total. The summed E-state index contributed by atoms with van der Waals surface area (Å²) >= 11 is 0. The van der Waals surface area contributed by atoms with Gasteiger partial charge in [-0.15, -0.1) is 0 Å². The van der Waals surface area contributed by atoms with Crippen molar-refractivity contribution in [2.45, 2.75) is 18.8 Å². The van der Waals surface area contributed by atoms with Crippen LogP contribution in [-0.2, 0) is 0 Å². The SMILES string of the molecule is Nc1cccn2c([N+](=O)[O-])c(C3CC3)nc12. The Morgan fingerprint density at radius 3 is 2.94 bits per heavy atom. The third-order valence-corrected chi connectivity index (χ3v) is 2.82. The Bertz CT molecular complexity index is 586. The molecular formula is C10H10N4O2. The minimum atomic E-state index is -0.382. The Hall–Kier alpha value is -2.11. The van der Waals surface area contributed by atoms with Crippen LogP contribution in [0.5, 0.6) is 0 Å². The van der Waals surface area contributed by atoms with Crippen molar-refractivity contribution in [3.63, 3.8) is 0 Å². The lowest BCUT2D eigenvalue weighted by Gasteiger charge is -1.96. The molecule has 0 bridgehead atoms. The number of nitrogen functional groups attached to an aromatic ring is 1. The van der Waals surface area contributed by atoms with Crippen molar-refractivity contribution in [1.29, 1.82) is 0 Å². The van der Waals surface area contributed by atoms with Crippen LogP contribution in [0.15, 0.2) is 18.3 Å². The lowest BCUT2D eigenvalue weighted by Crippen LogP contribution is -1.97. The predicted molar refractivity (Wildman–Crippen MR) is 58.2 cm³/mol. The molecule has 1 fully saturated rings. The summed E-state index contributed by atoms with van der Waals surface area (Å²) in [6, 6.07) is 3.39. The minimum Gasteiger partial charge on any atom is -0.394 e. The summed E-state index contributed by atoms with van der Waals surface area (Å²) in [7, 11) is 0. The molecule has 0 aromatic carbocycles. The van der Waals surface area contributed by atoms with E-state index in [1.807, 2.05) is 0 Å². The van der Waals surface area contributed by atoms with Gasteiger partial charge in [0, 0.05) is 5.92 Å². The van der Waals surface area contributed by atoms with Crippen LogP contribution in [0.3, 0.4) is 0 Å². The van der Waals surface area contributed by atoms with Crippen molar-refractivity contribution in [2.24, 2.45) is 0 Å². The van der Waals surface area contributed by atoms with E-state index < -0.39 is 0 Å². The van der Waals surface area contributed by atoms with Gasteiger partial charge in [-0.1, -0.05) is 0 Å². The summed E-state index contributed by atoms with van der Waals surface area (Å²) in [5.74, 6) is 0.296. The highest BCUT2D eigenvalue weighted by atomic mass is 16.6. The van der Waals surface area contributed by atoms with Gasteiger partial charge in [-0.05, 0) is 29.9 Å². The number of fused-ring (bicyclic) bond motifs is 1. The number of pyridine rings is 1. The molecule has 0 radical (unpaired) electrons. The third kappa shape index (κ3) is 1.16. The van der Waals surface area contributed by atoms with Crippen molar-refractivity contribution in [2.75, 3.05) is 5.73 Å². The molecule has 6 heteroatoms. The number of aromatic nitrogens is 2. The monoisotopic (exact) mass is 218 g/mol. The molecule has 0 saturated heterocycles. The number of nitro groups is 1. The van der Waals surface area contributed by atoms with E-state index in [1.165, 1.54) is 4.40 Å². The molecule has 2 N–H and O–H groups in total. The smallest absolute Gasteiger partial charge is 0.351 e. The van der Waals surface area contributed by atoms with Gasteiger partial charge in [-0.3, -0.25) is 0 Å². The Morgan fingerprint density at radius 2 is 2.31 bits per heavy atom. The molecular weight excluding hydrogens is 208 g/mol. The molecule has 0 unspecified atom stereocenters. The van der Waals surface area contributed by atoms with Gasteiger partial charge in [-0.25, -0.2) is 4.98 Å². The summed E-state index contributed by atoms with van der Waals surface area (Å²) in [6.45, 7) is 0. The van der Waals surface area contributed by atoms with Crippen LogP contribution in [0.25, 0.3) is 5.65 Å². The van der Waals surface area contributed by atoms with Crippen LogP contribution in [0.1, 0.15) is 24.5 Å². The predicted octanol–water partition coefficient (Wildman–Crippen LogP) is 1.70. The average Bonchev–Trinajstić information content (AvgIpc) is 2.99. The van der Waals surface area contributed by atoms with Gasteiger partial charge in [0.1, 0.15) is 11.4 Å². The highest BCUT2D eigenvalue weighted by Crippen LogP contribution is 2.44. The molecule has 3 rings (SSSR count). The second-order valence-corrected chi connectivity index (χ2v) is 4.01. The first-order chi connectivity index (χ1) is 7.68. The first-order valence-electron chi connectivity index (χ1n) is 5.09. The fraction of sp³-hybridized carbons (Fsp3) is 0.300. The van der Waals surface area contributed by atoms with Crippen LogP contribution < -0.4 is 5.73 Å². The zero-order valence-electron chi connectivity index (χ0n) is 8.46. The average molecular weight is 218 g/mol. The Labute approximate surface area is 90.9 Å². The van der Waals surface area contributed by atoms with E-state index in [2.05, 4.69) is 4.98 Å². The van der Waals surface area contributed by atoms with Crippen LogP contribution >= 0.6 is 0 Å². The maximum Gasteiger partial charge on any atom is 0.351 e. The molecule has 1 aliphatic rings. The number of imidazole rings is 1. The summed E-state index contributed by atoms with van der Waals surface area (Å²) in [4.78, 5) is 15.0. The first-order valence-corrected chi connectivity index (χ1v) is 5.09. The summed E-state index contributed by atoms with van der Waals surface area (Å²) in [5, 5.41) is 11.0. The molecule has 0 aliphatic heterocycles. The fourth-order valence-electron chi connectivity index (χ4n) is 1.91. The van der Waals surface area contributed by atoms with E-state index in [9.17, 15) is 10.1 Å². The minimum absolute atomic E-state index is 0.0600. The van der Waals surface area contributed by atoms with Gasteiger partial charge in [-0.2, -0.15) is 4.40 Å². The third-order valence-electron chi connectivity index (χ3n) is 2.82. The van der Waals surface area contributed by atoms with Gasteiger partial charge in [0.05, 0.1) is 6.20 Å². The Kier molecular flexibility index (Phi) is 1.68. The molecule has 1 saturated carbocycles. The standard InChI is InChI=1S/C10H10N4O2/c11-7-2-1-5-13-9(7)12-8(6-3-4-6)10(13)14(15)16/h1-2,5-6H,3-4,11H2. The van der Waals surface area contributed by atoms with Gasteiger partial charge >= 0.3 is 5.82 Å². The molecule has 82 valence electrons. The number of hydrogen-bond donors (Lipinski definition) is 1. The molecule has 2 heterocycles. The lowest BCUT2D eigenvalue weighted by molar-refractivity contribution is -0.391. The van der Waals surface area contributed by atoms with Crippen LogP contribution in [0.2, 0.25) is 0 Å². The van der Waals surface area contributed by atoms with Crippen LogP contribution in [0, 0.1) is 10.1 Å². The maximum absolute atomic E-state index is 11.0. The summed E-state index contributed by atoms with van der Waals surface area (Å²) in [6.07, 6.45) is 3.58. The number of hydrogen-bond acceptors (Lipinski definition) is 4. The van der Waals surface area contributed by atoms with Crippen molar-refractivity contribution in [1.82, 2.24) is 9.38 Å². The second-order valence-electron chi connectivity index (χ2n) is 4.01. The number of rotatable bonds is 2. The Morgan fingerprint density at radius 1 is 1.56 bits per heavy atom.